The zero-order valence-electron chi connectivity index (χ0n) is 15.4. The molecule has 28 heavy (non-hydrogen) atoms. The number of aromatic nitrogens is 3. The largest absolute Gasteiger partial charge is 0.237 e. The molecule has 0 N–H and O–H groups in total. The minimum absolute atomic E-state index is 0.779. The van der Waals surface area contributed by atoms with E-state index in [1.54, 1.807) is 6.20 Å². The molecule has 3 nitrogen and oxygen atoms in total. The smallest absolute Gasteiger partial charge is 0.153 e. The summed E-state index contributed by atoms with van der Waals surface area (Å²) in [5, 5.41) is 6.08. The molecular weight excluding hydrogens is 342 g/mol. The minimum Gasteiger partial charge on any atom is -0.237 e. The molecular formula is C25H19N3. The van der Waals surface area contributed by atoms with Crippen molar-refractivity contribution in [3.63, 3.8) is 0 Å². The number of fused-ring (bicyclic) bond motifs is 1. The molecule has 0 aliphatic rings. The number of hydrogen-bond donors (Lipinski definition) is 0. The zero-order chi connectivity index (χ0) is 18.8. The molecule has 0 bridgehead atoms. The van der Waals surface area contributed by atoms with Crippen LogP contribution >= 0.6 is 0 Å². The lowest BCUT2D eigenvalue weighted by Gasteiger charge is -2.05. The Morgan fingerprint density at radius 3 is 2.32 bits per heavy atom. The van der Waals surface area contributed by atoms with Gasteiger partial charge >= 0.3 is 0 Å². The van der Waals surface area contributed by atoms with Gasteiger partial charge in [-0.05, 0) is 34.9 Å². The summed E-state index contributed by atoms with van der Waals surface area (Å²) in [5.41, 5.74) is 5.85. The summed E-state index contributed by atoms with van der Waals surface area (Å²) in [6.07, 6.45) is 2.58. The lowest BCUT2D eigenvalue weighted by atomic mass is 10.0. The van der Waals surface area contributed by atoms with E-state index in [1.165, 1.54) is 22.1 Å². The lowest BCUT2D eigenvalue weighted by molar-refractivity contribution is 0.843. The summed E-state index contributed by atoms with van der Waals surface area (Å²) in [7, 11) is 0. The van der Waals surface area contributed by atoms with Crippen LogP contribution in [0, 0.1) is 0 Å². The highest BCUT2D eigenvalue weighted by atomic mass is 15.3. The van der Waals surface area contributed by atoms with E-state index in [1.807, 2.05) is 35.0 Å². The second-order valence-corrected chi connectivity index (χ2v) is 6.81. The molecule has 0 amide bonds. The van der Waals surface area contributed by atoms with Crippen LogP contribution in [-0.4, -0.2) is 14.8 Å². The van der Waals surface area contributed by atoms with Crippen LogP contribution in [-0.2, 0) is 6.42 Å². The molecule has 0 saturated heterocycles. The summed E-state index contributed by atoms with van der Waals surface area (Å²) in [6, 6.07) is 33.4. The maximum atomic E-state index is 4.91. The quantitative estimate of drug-likeness (QED) is 0.412. The topological polar surface area (TPSA) is 30.7 Å². The van der Waals surface area contributed by atoms with Crippen LogP contribution in [0.1, 0.15) is 11.3 Å². The Morgan fingerprint density at radius 2 is 1.46 bits per heavy atom. The maximum Gasteiger partial charge on any atom is 0.153 e. The molecule has 5 rings (SSSR count). The molecule has 3 heteroatoms. The van der Waals surface area contributed by atoms with Crippen molar-refractivity contribution in [3.8, 4) is 16.9 Å². The Labute approximate surface area is 163 Å². The van der Waals surface area contributed by atoms with Crippen LogP contribution < -0.4 is 0 Å². The Morgan fingerprint density at radius 1 is 0.679 bits per heavy atom. The minimum atomic E-state index is 0.779. The van der Waals surface area contributed by atoms with Gasteiger partial charge in [0.2, 0.25) is 0 Å². The van der Waals surface area contributed by atoms with Gasteiger partial charge in [0.1, 0.15) is 0 Å². The van der Waals surface area contributed by atoms with Crippen molar-refractivity contribution in [2.75, 3.05) is 0 Å². The first-order chi connectivity index (χ1) is 13.9. The first kappa shape index (κ1) is 16.5. The number of rotatable bonds is 4. The van der Waals surface area contributed by atoms with E-state index in [-0.39, 0.29) is 0 Å². The number of hydrogen-bond acceptors (Lipinski definition) is 2. The Bertz CT molecular complexity index is 1220. The molecule has 134 valence electrons. The molecule has 0 aliphatic heterocycles. The van der Waals surface area contributed by atoms with E-state index in [2.05, 4.69) is 71.7 Å². The average molecular weight is 361 g/mol. The molecule has 0 aliphatic carbocycles. The average Bonchev–Trinajstić information content (AvgIpc) is 3.14. The van der Waals surface area contributed by atoms with Crippen molar-refractivity contribution >= 4 is 10.9 Å². The molecule has 0 spiro atoms. The van der Waals surface area contributed by atoms with Gasteiger partial charge in [0.05, 0.1) is 11.2 Å². The fourth-order valence-electron chi connectivity index (χ4n) is 3.60. The van der Waals surface area contributed by atoms with Crippen LogP contribution in [0.2, 0.25) is 0 Å². The van der Waals surface area contributed by atoms with Crippen molar-refractivity contribution in [1.82, 2.24) is 14.8 Å². The molecule has 0 fully saturated rings. The van der Waals surface area contributed by atoms with Gasteiger partial charge in [-0.15, -0.1) is 0 Å². The Kier molecular flexibility index (Phi) is 4.19. The first-order valence-electron chi connectivity index (χ1n) is 9.41. The third-order valence-corrected chi connectivity index (χ3v) is 4.94. The Balaban J connectivity index is 1.56. The number of benzene rings is 3. The molecule has 2 aromatic heterocycles. The summed E-state index contributed by atoms with van der Waals surface area (Å²) in [4.78, 5) is 4.47. The molecule has 5 aromatic rings. The molecule has 0 saturated carbocycles. The van der Waals surface area contributed by atoms with E-state index >= 15 is 0 Å². The van der Waals surface area contributed by atoms with Crippen molar-refractivity contribution in [2.24, 2.45) is 0 Å². The fraction of sp³-hybridized carbons (Fsp3) is 0.0400. The van der Waals surface area contributed by atoms with Crippen molar-refractivity contribution in [2.45, 2.75) is 6.42 Å². The van der Waals surface area contributed by atoms with Crippen LogP contribution in [0.25, 0.3) is 27.8 Å². The lowest BCUT2D eigenvalue weighted by Crippen LogP contribution is -1.99. The van der Waals surface area contributed by atoms with Gasteiger partial charge in [0.15, 0.2) is 5.82 Å². The molecule has 0 unspecified atom stereocenters. The predicted molar refractivity (Wildman–Crippen MR) is 114 cm³/mol. The van der Waals surface area contributed by atoms with Gasteiger partial charge in [-0.3, -0.25) is 0 Å². The summed E-state index contributed by atoms with van der Waals surface area (Å²) in [5.74, 6) is 0.836. The monoisotopic (exact) mass is 361 g/mol. The van der Waals surface area contributed by atoms with Crippen molar-refractivity contribution in [3.05, 3.63) is 115 Å². The van der Waals surface area contributed by atoms with Gasteiger partial charge < -0.3 is 0 Å². The van der Waals surface area contributed by atoms with Gasteiger partial charge in [-0.2, -0.15) is 5.10 Å². The number of nitrogens with zero attached hydrogens (tertiary/aromatic N) is 3. The van der Waals surface area contributed by atoms with Crippen LogP contribution in [0.5, 0.6) is 0 Å². The molecule has 0 radical (unpaired) electrons. The predicted octanol–water partition coefficient (Wildman–Crippen LogP) is 5.68. The highest BCUT2D eigenvalue weighted by molar-refractivity contribution is 5.83. The summed E-state index contributed by atoms with van der Waals surface area (Å²) in [6.45, 7) is 0. The number of para-hydroxylation sites is 1. The van der Waals surface area contributed by atoms with E-state index in [0.29, 0.717) is 0 Å². The normalized spacial score (nSPS) is 11.0. The highest BCUT2D eigenvalue weighted by Gasteiger charge is 2.13. The second-order valence-electron chi connectivity index (χ2n) is 6.81. The molecule has 2 heterocycles. The zero-order valence-corrected chi connectivity index (χ0v) is 15.4. The highest BCUT2D eigenvalue weighted by Crippen LogP contribution is 2.25. The first-order valence-corrected chi connectivity index (χ1v) is 9.41. The van der Waals surface area contributed by atoms with Gasteiger partial charge in [0, 0.05) is 18.0 Å². The van der Waals surface area contributed by atoms with Crippen LogP contribution in [0.4, 0.5) is 0 Å². The van der Waals surface area contributed by atoms with Crippen molar-refractivity contribution < 1.29 is 0 Å². The van der Waals surface area contributed by atoms with Crippen LogP contribution in [0.15, 0.2) is 103 Å². The second kappa shape index (κ2) is 7.12. The summed E-state index contributed by atoms with van der Waals surface area (Å²) >= 11 is 0. The van der Waals surface area contributed by atoms with Gasteiger partial charge in [0.25, 0.3) is 0 Å². The third-order valence-electron chi connectivity index (χ3n) is 4.94. The van der Waals surface area contributed by atoms with E-state index in [4.69, 9.17) is 5.10 Å². The molecule has 0 atom stereocenters. The van der Waals surface area contributed by atoms with Crippen molar-refractivity contribution in [1.29, 1.82) is 0 Å². The Hall–Kier alpha value is -3.72. The van der Waals surface area contributed by atoms with Gasteiger partial charge in [-0.1, -0.05) is 78.9 Å². The van der Waals surface area contributed by atoms with Gasteiger partial charge in [-0.25, -0.2) is 9.67 Å². The van der Waals surface area contributed by atoms with E-state index in [9.17, 15) is 0 Å². The van der Waals surface area contributed by atoms with Crippen LogP contribution in [0.3, 0.4) is 0 Å². The SMILES string of the molecule is c1ccc(-c2cccc(Cc3nn(-c4ccccn4)c4ccccc34)c2)cc1. The third kappa shape index (κ3) is 3.08. The van der Waals surface area contributed by atoms with E-state index < -0.39 is 0 Å². The molecule has 3 aromatic carbocycles. The van der Waals surface area contributed by atoms with E-state index in [0.717, 1.165) is 23.4 Å². The fourth-order valence-corrected chi connectivity index (χ4v) is 3.60. The standard InChI is InChI=1S/C25H19N3/c1-2-10-20(11-3-1)21-12-8-9-19(17-21)18-23-22-13-4-5-14-24(22)28(27-23)25-15-6-7-16-26-25/h1-17H,18H2. The maximum absolute atomic E-state index is 4.91. The number of pyridine rings is 1. The summed E-state index contributed by atoms with van der Waals surface area (Å²) < 4.78 is 1.94.